The van der Waals surface area contributed by atoms with Crippen LogP contribution in [0.3, 0.4) is 0 Å². The van der Waals surface area contributed by atoms with E-state index in [1.165, 1.54) is 11.1 Å². The number of rotatable bonds is 10. The van der Waals surface area contributed by atoms with Crippen LogP contribution in [0.1, 0.15) is 30.9 Å². The van der Waals surface area contributed by atoms with Crippen LogP contribution in [0.4, 0.5) is 0 Å². The maximum atomic E-state index is 6.11. The molecule has 6 nitrogen and oxygen atoms in total. The van der Waals surface area contributed by atoms with Crippen molar-refractivity contribution in [3.63, 3.8) is 0 Å². The molecule has 7 heteroatoms. The van der Waals surface area contributed by atoms with Crippen LogP contribution < -0.4 is 10.1 Å². The minimum atomic E-state index is 0. The molecule has 1 saturated heterocycles. The van der Waals surface area contributed by atoms with E-state index in [0.717, 1.165) is 50.8 Å². The maximum Gasteiger partial charge on any atom is 0.193 e. The third-order valence-electron chi connectivity index (χ3n) is 5.29. The van der Waals surface area contributed by atoms with Gasteiger partial charge in [-0.1, -0.05) is 42.5 Å². The van der Waals surface area contributed by atoms with Gasteiger partial charge in [0, 0.05) is 46.1 Å². The number of halogens is 1. The average molecular weight is 553 g/mol. The average Bonchev–Trinajstić information content (AvgIpc) is 2.81. The lowest BCUT2D eigenvalue weighted by Gasteiger charge is -2.34. The van der Waals surface area contributed by atoms with Crippen molar-refractivity contribution >= 4 is 29.9 Å². The second-order valence-corrected chi connectivity index (χ2v) is 7.59. The zero-order valence-corrected chi connectivity index (χ0v) is 21.5. The standard InChI is InChI=1S/C25H35N3O3.HI/c1-3-29-16-17-30-20-22-9-7-8-21(18-22)19-27-25(26-2)28-14-12-24(13-15-28)31-23-10-5-4-6-11-23;/h4-11,18,24H,3,12-17,19-20H2,1-2H3,(H,26,27);1H. The number of likely N-dealkylation sites (tertiary alicyclic amines) is 1. The van der Waals surface area contributed by atoms with Gasteiger partial charge < -0.3 is 24.4 Å². The lowest BCUT2D eigenvalue weighted by atomic mass is 10.1. The highest BCUT2D eigenvalue weighted by Gasteiger charge is 2.22. The predicted molar refractivity (Wildman–Crippen MR) is 140 cm³/mol. The summed E-state index contributed by atoms with van der Waals surface area (Å²) in [6.07, 6.45) is 2.24. The Kier molecular flexibility index (Phi) is 12.4. The fourth-order valence-corrected chi connectivity index (χ4v) is 3.67. The quantitative estimate of drug-likeness (QED) is 0.204. The number of aliphatic imine (C=N–C) groups is 1. The largest absolute Gasteiger partial charge is 0.490 e. The van der Waals surface area contributed by atoms with Gasteiger partial charge in [0.15, 0.2) is 5.96 Å². The Morgan fingerprint density at radius 3 is 2.44 bits per heavy atom. The molecule has 1 N–H and O–H groups in total. The van der Waals surface area contributed by atoms with Crippen LogP contribution >= 0.6 is 24.0 Å². The number of nitrogens with one attached hydrogen (secondary N) is 1. The summed E-state index contributed by atoms with van der Waals surface area (Å²) < 4.78 is 17.1. The molecule has 176 valence electrons. The zero-order valence-electron chi connectivity index (χ0n) is 19.2. The van der Waals surface area contributed by atoms with E-state index >= 15 is 0 Å². The first kappa shape index (κ1) is 26.4. The summed E-state index contributed by atoms with van der Waals surface area (Å²) in [5.74, 6) is 1.89. The second-order valence-electron chi connectivity index (χ2n) is 7.59. The van der Waals surface area contributed by atoms with Gasteiger partial charge in [-0.15, -0.1) is 24.0 Å². The van der Waals surface area contributed by atoms with E-state index in [4.69, 9.17) is 14.2 Å². The first-order valence-electron chi connectivity index (χ1n) is 11.2. The van der Waals surface area contributed by atoms with Gasteiger partial charge in [0.1, 0.15) is 11.9 Å². The third-order valence-corrected chi connectivity index (χ3v) is 5.29. The molecule has 0 aliphatic carbocycles. The Bertz CT molecular complexity index is 796. The summed E-state index contributed by atoms with van der Waals surface area (Å²) in [4.78, 5) is 6.80. The minimum absolute atomic E-state index is 0. The molecule has 1 heterocycles. The molecule has 0 radical (unpaired) electrons. The highest BCUT2D eigenvalue weighted by Crippen LogP contribution is 2.18. The van der Waals surface area contributed by atoms with Crippen LogP contribution in [-0.4, -0.2) is 56.9 Å². The van der Waals surface area contributed by atoms with Gasteiger partial charge in [-0.3, -0.25) is 4.99 Å². The highest BCUT2D eigenvalue weighted by molar-refractivity contribution is 14.0. The Labute approximate surface area is 209 Å². The molecule has 0 aromatic heterocycles. The Balaban J connectivity index is 0.00000363. The molecule has 1 aliphatic rings. The molecule has 1 fully saturated rings. The summed E-state index contributed by atoms with van der Waals surface area (Å²) >= 11 is 0. The molecule has 0 unspecified atom stereocenters. The smallest absolute Gasteiger partial charge is 0.193 e. The van der Waals surface area contributed by atoms with E-state index in [-0.39, 0.29) is 30.1 Å². The van der Waals surface area contributed by atoms with Crippen LogP contribution in [0, 0.1) is 0 Å². The van der Waals surface area contributed by atoms with Crippen molar-refractivity contribution in [2.24, 2.45) is 4.99 Å². The SMILES string of the molecule is CCOCCOCc1cccc(CNC(=NC)N2CCC(Oc3ccccc3)CC2)c1.I. The Hall–Kier alpha value is -1.84. The third kappa shape index (κ3) is 8.96. The van der Waals surface area contributed by atoms with E-state index < -0.39 is 0 Å². The fourth-order valence-electron chi connectivity index (χ4n) is 3.67. The number of para-hydroxylation sites is 1. The molecular weight excluding hydrogens is 517 g/mol. The fraction of sp³-hybridized carbons (Fsp3) is 0.480. The van der Waals surface area contributed by atoms with Crippen LogP contribution in [0.5, 0.6) is 5.75 Å². The number of hydrogen-bond acceptors (Lipinski definition) is 4. The summed E-state index contributed by atoms with van der Waals surface area (Å²) in [7, 11) is 1.84. The number of ether oxygens (including phenoxy) is 3. The van der Waals surface area contributed by atoms with Gasteiger partial charge in [-0.05, 0) is 30.2 Å². The molecule has 0 saturated carbocycles. The number of benzene rings is 2. The van der Waals surface area contributed by atoms with Gasteiger partial charge in [0.25, 0.3) is 0 Å². The van der Waals surface area contributed by atoms with Gasteiger partial charge in [0.05, 0.1) is 19.8 Å². The van der Waals surface area contributed by atoms with E-state index in [1.807, 2.05) is 44.3 Å². The predicted octanol–water partition coefficient (Wildman–Crippen LogP) is 4.48. The minimum Gasteiger partial charge on any atom is -0.490 e. The van der Waals surface area contributed by atoms with Gasteiger partial charge in [-0.25, -0.2) is 0 Å². The van der Waals surface area contributed by atoms with E-state index in [0.29, 0.717) is 19.8 Å². The van der Waals surface area contributed by atoms with Crippen LogP contribution in [-0.2, 0) is 22.6 Å². The summed E-state index contributed by atoms with van der Waals surface area (Å²) in [5, 5.41) is 3.51. The topological polar surface area (TPSA) is 55.3 Å². The van der Waals surface area contributed by atoms with Crippen LogP contribution in [0.15, 0.2) is 59.6 Å². The van der Waals surface area contributed by atoms with Gasteiger partial charge in [0.2, 0.25) is 0 Å². The lowest BCUT2D eigenvalue weighted by Crippen LogP contribution is -2.47. The second kappa shape index (κ2) is 15.1. The van der Waals surface area contributed by atoms with E-state index in [1.54, 1.807) is 0 Å². The summed E-state index contributed by atoms with van der Waals surface area (Å²) in [6.45, 7) is 7.18. The van der Waals surface area contributed by atoms with Crippen molar-refractivity contribution in [3.8, 4) is 5.75 Å². The van der Waals surface area contributed by atoms with Crippen molar-refractivity contribution in [2.45, 2.75) is 39.0 Å². The Morgan fingerprint density at radius 2 is 1.72 bits per heavy atom. The molecular formula is C25H36IN3O3. The molecule has 0 atom stereocenters. The number of guanidine groups is 1. The molecule has 0 bridgehead atoms. The molecule has 32 heavy (non-hydrogen) atoms. The molecule has 0 amide bonds. The van der Waals surface area contributed by atoms with Crippen molar-refractivity contribution < 1.29 is 14.2 Å². The molecule has 0 spiro atoms. The normalized spacial score (nSPS) is 14.7. The monoisotopic (exact) mass is 553 g/mol. The molecule has 2 aromatic carbocycles. The van der Waals surface area contributed by atoms with Crippen LogP contribution in [0.2, 0.25) is 0 Å². The van der Waals surface area contributed by atoms with E-state index in [2.05, 4.69) is 39.5 Å². The molecule has 3 rings (SSSR count). The molecule has 2 aromatic rings. The van der Waals surface area contributed by atoms with Gasteiger partial charge >= 0.3 is 0 Å². The van der Waals surface area contributed by atoms with E-state index in [9.17, 15) is 0 Å². The molecule has 1 aliphatic heterocycles. The van der Waals surface area contributed by atoms with Crippen molar-refractivity contribution in [3.05, 3.63) is 65.7 Å². The number of piperidine rings is 1. The number of nitrogens with zero attached hydrogens (tertiary/aromatic N) is 2. The lowest BCUT2D eigenvalue weighted by molar-refractivity contribution is 0.0453. The van der Waals surface area contributed by atoms with Crippen molar-refractivity contribution in [2.75, 3.05) is 40.0 Å². The van der Waals surface area contributed by atoms with Gasteiger partial charge in [-0.2, -0.15) is 0 Å². The number of hydrogen-bond donors (Lipinski definition) is 1. The van der Waals surface area contributed by atoms with Crippen molar-refractivity contribution in [1.29, 1.82) is 0 Å². The highest BCUT2D eigenvalue weighted by atomic mass is 127. The maximum absolute atomic E-state index is 6.11. The first-order chi connectivity index (χ1) is 15.3. The zero-order chi connectivity index (χ0) is 21.7. The summed E-state index contributed by atoms with van der Waals surface area (Å²) in [6, 6.07) is 18.6. The van der Waals surface area contributed by atoms with Crippen molar-refractivity contribution in [1.82, 2.24) is 10.2 Å². The summed E-state index contributed by atoms with van der Waals surface area (Å²) in [5.41, 5.74) is 2.39. The van der Waals surface area contributed by atoms with Crippen LogP contribution in [0.25, 0.3) is 0 Å². The first-order valence-corrected chi connectivity index (χ1v) is 11.2. The Morgan fingerprint density at radius 1 is 1.00 bits per heavy atom.